The first kappa shape index (κ1) is 14.6. The maximum absolute atomic E-state index is 10.9. The van der Waals surface area contributed by atoms with Crippen molar-refractivity contribution < 1.29 is 14.4 Å². The zero-order valence-electron chi connectivity index (χ0n) is 10.3. The molecule has 0 saturated carbocycles. The van der Waals surface area contributed by atoms with Gasteiger partial charge in [0.2, 0.25) is 0 Å². The van der Waals surface area contributed by atoms with Gasteiger partial charge in [-0.25, -0.2) is 0 Å². The predicted octanol–water partition coefficient (Wildman–Crippen LogP) is 1.60. The van der Waals surface area contributed by atoms with Gasteiger partial charge >= 0.3 is 0 Å². The molecule has 16 heavy (non-hydrogen) atoms. The summed E-state index contributed by atoms with van der Waals surface area (Å²) in [6, 6.07) is 0. The van der Waals surface area contributed by atoms with E-state index in [1.807, 2.05) is 19.2 Å². The Hall–Kier alpha value is -1.45. The van der Waals surface area contributed by atoms with Crippen molar-refractivity contribution in [3.8, 4) is 0 Å². The quantitative estimate of drug-likeness (QED) is 0.742. The Bertz CT molecular complexity index is 300. The second-order valence-electron chi connectivity index (χ2n) is 4.38. The van der Waals surface area contributed by atoms with Crippen molar-refractivity contribution in [2.45, 2.75) is 40.5 Å². The van der Waals surface area contributed by atoms with Crippen molar-refractivity contribution in [2.75, 3.05) is 0 Å². The number of amides is 2. The van der Waals surface area contributed by atoms with Gasteiger partial charge in [0.15, 0.2) is 0 Å². The van der Waals surface area contributed by atoms with Crippen molar-refractivity contribution in [1.29, 1.82) is 0 Å². The van der Waals surface area contributed by atoms with Gasteiger partial charge < -0.3 is 0 Å². The van der Waals surface area contributed by atoms with Crippen LogP contribution < -0.4 is 5.32 Å². The fourth-order valence-electron chi connectivity index (χ4n) is 1.16. The Kier molecular flexibility index (Phi) is 5.64. The van der Waals surface area contributed by atoms with E-state index in [1.165, 1.54) is 12.2 Å². The molecule has 0 aromatic rings. The zero-order chi connectivity index (χ0) is 12.8. The molecule has 4 nitrogen and oxygen atoms in total. The van der Waals surface area contributed by atoms with Crippen LogP contribution in [-0.4, -0.2) is 17.6 Å². The summed E-state index contributed by atoms with van der Waals surface area (Å²) in [4.78, 5) is 30.9. The van der Waals surface area contributed by atoms with Crippen LogP contribution in [0.2, 0.25) is 0 Å². The van der Waals surface area contributed by atoms with Crippen molar-refractivity contribution >= 4 is 17.6 Å². The lowest BCUT2D eigenvalue weighted by molar-refractivity contribution is -0.125. The van der Waals surface area contributed by atoms with Crippen molar-refractivity contribution in [2.24, 2.45) is 5.41 Å². The van der Waals surface area contributed by atoms with Crippen molar-refractivity contribution in [1.82, 2.24) is 5.32 Å². The summed E-state index contributed by atoms with van der Waals surface area (Å²) in [7, 11) is 0. The van der Waals surface area contributed by atoms with E-state index in [0.717, 1.165) is 12.8 Å². The molecule has 1 heterocycles. The van der Waals surface area contributed by atoms with Crippen LogP contribution in [0.1, 0.15) is 40.5 Å². The Labute approximate surface area is 96.1 Å². The zero-order valence-corrected chi connectivity index (χ0v) is 10.3. The van der Waals surface area contributed by atoms with Crippen molar-refractivity contribution in [3.05, 3.63) is 12.2 Å². The van der Waals surface area contributed by atoms with Gasteiger partial charge in [-0.3, -0.25) is 19.7 Å². The lowest BCUT2D eigenvalue weighted by Crippen LogP contribution is -2.20. The summed E-state index contributed by atoms with van der Waals surface area (Å²) in [5.41, 5.74) is -0.0885. The first-order valence-corrected chi connectivity index (χ1v) is 5.33. The van der Waals surface area contributed by atoms with E-state index in [9.17, 15) is 14.4 Å². The Morgan fingerprint density at radius 3 is 1.81 bits per heavy atom. The fourth-order valence-corrected chi connectivity index (χ4v) is 1.16. The van der Waals surface area contributed by atoms with Gasteiger partial charge in [-0.1, -0.05) is 27.2 Å². The number of hydrogen-bond donors (Lipinski definition) is 1. The molecule has 0 bridgehead atoms. The first-order chi connectivity index (χ1) is 7.29. The van der Waals surface area contributed by atoms with Gasteiger partial charge in [0.25, 0.3) is 11.8 Å². The lowest BCUT2D eigenvalue weighted by Gasteiger charge is -2.19. The number of rotatable bonds is 3. The molecule has 0 aromatic heterocycles. The standard InChI is InChI=1S/C8H16O.C4H3NO2/c1-5-6-8(3,4)7(2)9;6-3-1-2-4(7)5-3/h5-6H2,1-4H3;1-2H,(H,5,6,7). The highest BCUT2D eigenvalue weighted by Crippen LogP contribution is 2.22. The molecule has 0 saturated heterocycles. The summed E-state index contributed by atoms with van der Waals surface area (Å²) < 4.78 is 0. The van der Waals surface area contributed by atoms with Crippen LogP contribution in [0.15, 0.2) is 12.2 Å². The lowest BCUT2D eigenvalue weighted by atomic mass is 9.84. The largest absolute Gasteiger partial charge is 0.299 e. The molecular formula is C12H19NO3. The number of imide groups is 1. The molecule has 0 atom stereocenters. The van der Waals surface area contributed by atoms with Gasteiger partial charge in [-0.15, -0.1) is 0 Å². The number of carbonyl (C=O) groups excluding carboxylic acids is 3. The minimum atomic E-state index is -0.329. The monoisotopic (exact) mass is 225 g/mol. The highest BCUT2D eigenvalue weighted by Gasteiger charge is 2.21. The molecule has 90 valence electrons. The second-order valence-corrected chi connectivity index (χ2v) is 4.38. The molecule has 2 amide bonds. The van der Waals surface area contributed by atoms with E-state index in [0.29, 0.717) is 5.78 Å². The van der Waals surface area contributed by atoms with E-state index < -0.39 is 0 Å². The van der Waals surface area contributed by atoms with Crippen LogP contribution in [0.3, 0.4) is 0 Å². The number of carbonyl (C=O) groups is 3. The molecule has 1 aliphatic heterocycles. The van der Waals surface area contributed by atoms with Gasteiger partial charge in [0.1, 0.15) is 5.78 Å². The molecule has 1 aliphatic rings. The number of hydrogen-bond acceptors (Lipinski definition) is 3. The molecule has 4 heteroatoms. The Balaban J connectivity index is 0.000000288. The van der Waals surface area contributed by atoms with E-state index in [2.05, 4.69) is 6.92 Å². The van der Waals surface area contributed by atoms with Crippen LogP contribution in [-0.2, 0) is 14.4 Å². The SMILES string of the molecule is CCCC(C)(C)C(C)=O.O=C1C=CC(=O)N1. The molecule has 0 aliphatic carbocycles. The van der Waals surface area contributed by atoms with E-state index in [1.54, 1.807) is 6.92 Å². The normalized spacial score (nSPS) is 14.2. The molecular weight excluding hydrogens is 206 g/mol. The van der Waals surface area contributed by atoms with E-state index in [-0.39, 0.29) is 17.2 Å². The van der Waals surface area contributed by atoms with Crippen LogP contribution in [0.25, 0.3) is 0 Å². The minimum absolute atomic E-state index is 0.0885. The maximum Gasteiger partial charge on any atom is 0.250 e. The number of Topliss-reactive ketones (excluding diaryl/α,β-unsaturated/α-hetero) is 1. The molecule has 0 aromatic carbocycles. The van der Waals surface area contributed by atoms with Crippen LogP contribution in [0, 0.1) is 5.41 Å². The third-order valence-electron chi connectivity index (χ3n) is 2.46. The smallest absolute Gasteiger partial charge is 0.250 e. The summed E-state index contributed by atoms with van der Waals surface area (Å²) in [5, 5.41) is 2.03. The van der Waals surface area contributed by atoms with Crippen molar-refractivity contribution in [3.63, 3.8) is 0 Å². The van der Waals surface area contributed by atoms with Gasteiger partial charge in [0.05, 0.1) is 0 Å². The first-order valence-electron chi connectivity index (χ1n) is 5.33. The molecule has 0 radical (unpaired) electrons. The number of ketones is 1. The van der Waals surface area contributed by atoms with Gasteiger partial charge in [-0.2, -0.15) is 0 Å². The topological polar surface area (TPSA) is 63.2 Å². The van der Waals surface area contributed by atoms with Crippen LogP contribution >= 0.6 is 0 Å². The fraction of sp³-hybridized carbons (Fsp3) is 0.583. The second kappa shape index (κ2) is 6.20. The average Bonchev–Trinajstić information content (AvgIpc) is 2.50. The molecule has 1 rings (SSSR count). The highest BCUT2D eigenvalue weighted by atomic mass is 16.2. The van der Waals surface area contributed by atoms with E-state index >= 15 is 0 Å². The van der Waals surface area contributed by atoms with Gasteiger partial charge in [-0.05, 0) is 13.3 Å². The van der Waals surface area contributed by atoms with Gasteiger partial charge in [0, 0.05) is 17.6 Å². The Morgan fingerprint density at radius 2 is 1.69 bits per heavy atom. The third-order valence-corrected chi connectivity index (χ3v) is 2.46. The van der Waals surface area contributed by atoms with Crippen LogP contribution in [0.5, 0.6) is 0 Å². The molecule has 0 unspecified atom stereocenters. The summed E-state index contributed by atoms with van der Waals surface area (Å²) in [5.74, 6) is -0.362. The molecule has 1 N–H and O–H groups in total. The minimum Gasteiger partial charge on any atom is -0.299 e. The Morgan fingerprint density at radius 1 is 1.25 bits per heavy atom. The summed E-state index contributed by atoms with van der Waals surface area (Å²) >= 11 is 0. The average molecular weight is 225 g/mol. The summed E-state index contributed by atoms with van der Waals surface area (Å²) in [6.45, 7) is 7.76. The summed E-state index contributed by atoms with van der Waals surface area (Å²) in [6.07, 6.45) is 4.49. The molecule has 0 fully saturated rings. The van der Waals surface area contributed by atoms with Crippen LogP contribution in [0.4, 0.5) is 0 Å². The van der Waals surface area contributed by atoms with E-state index in [4.69, 9.17) is 0 Å². The predicted molar refractivity (Wildman–Crippen MR) is 61.7 cm³/mol. The maximum atomic E-state index is 10.9. The number of nitrogens with one attached hydrogen (secondary N) is 1. The highest BCUT2D eigenvalue weighted by molar-refractivity contribution is 6.12. The molecule has 0 spiro atoms. The third kappa shape index (κ3) is 5.44.